The predicted molar refractivity (Wildman–Crippen MR) is 37.1 cm³/mol. The molecule has 3 heteroatoms. The first-order valence-corrected chi connectivity index (χ1v) is 4.58. The lowest BCUT2D eigenvalue weighted by molar-refractivity contribution is 0.587. The second kappa shape index (κ2) is 2.69. The van der Waals surface area contributed by atoms with Crippen molar-refractivity contribution < 1.29 is 8.42 Å². The quantitative estimate of drug-likeness (QED) is 0.558. The highest BCUT2D eigenvalue weighted by molar-refractivity contribution is 7.73. The van der Waals surface area contributed by atoms with Crippen LogP contribution in [-0.2, 0) is 10.7 Å². The average Bonchev–Trinajstić information content (AvgIpc) is 2.14. The van der Waals surface area contributed by atoms with Crippen LogP contribution in [0.4, 0.5) is 0 Å². The Labute approximate surface area is 57.2 Å². The van der Waals surface area contributed by atoms with E-state index in [1.54, 1.807) is 0 Å². The van der Waals surface area contributed by atoms with Gasteiger partial charge in [-0.1, -0.05) is 6.92 Å². The summed E-state index contributed by atoms with van der Waals surface area (Å²) < 4.78 is 20.8. The standard InChI is InChI=1S/C6H12O2S/c1-5-2-3-6(4-5)9(7)8/h5-6,9H,2-4H2,1H3. The molecule has 0 spiro atoms. The van der Waals surface area contributed by atoms with Crippen molar-refractivity contribution >= 4 is 10.7 Å². The zero-order valence-corrected chi connectivity index (χ0v) is 6.43. The number of thiol groups is 1. The molecule has 0 N–H and O–H groups in total. The van der Waals surface area contributed by atoms with Gasteiger partial charge in [-0.15, -0.1) is 0 Å². The Morgan fingerprint density at radius 2 is 2.00 bits per heavy atom. The molecule has 0 heterocycles. The zero-order valence-electron chi connectivity index (χ0n) is 5.54. The molecular formula is C6H12O2S. The Hall–Kier alpha value is -0.0500. The second-order valence-corrected chi connectivity index (χ2v) is 4.16. The van der Waals surface area contributed by atoms with Crippen molar-refractivity contribution in [2.45, 2.75) is 31.4 Å². The minimum Gasteiger partial charge on any atom is -0.232 e. The summed E-state index contributed by atoms with van der Waals surface area (Å²) in [6.45, 7) is 2.11. The Bertz CT molecular complexity index is 154. The summed E-state index contributed by atoms with van der Waals surface area (Å²) in [5.74, 6) is 0.628. The van der Waals surface area contributed by atoms with E-state index in [1.165, 1.54) is 0 Å². The van der Waals surface area contributed by atoms with Gasteiger partial charge in [0.15, 0.2) is 0 Å². The summed E-state index contributed by atoms with van der Waals surface area (Å²) in [5, 5.41) is -0.00463. The zero-order chi connectivity index (χ0) is 6.85. The van der Waals surface area contributed by atoms with Crippen molar-refractivity contribution in [2.75, 3.05) is 0 Å². The fourth-order valence-corrected chi connectivity index (χ4v) is 2.26. The summed E-state index contributed by atoms with van der Waals surface area (Å²) in [7, 11) is -2.13. The van der Waals surface area contributed by atoms with Gasteiger partial charge in [-0.2, -0.15) is 0 Å². The van der Waals surface area contributed by atoms with Crippen molar-refractivity contribution in [3.8, 4) is 0 Å². The van der Waals surface area contributed by atoms with Gasteiger partial charge in [-0.05, 0) is 25.2 Å². The van der Waals surface area contributed by atoms with Gasteiger partial charge in [0.2, 0.25) is 0 Å². The van der Waals surface area contributed by atoms with Crippen LogP contribution in [0, 0.1) is 5.92 Å². The van der Waals surface area contributed by atoms with Crippen LogP contribution >= 0.6 is 0 Å². The van der Waals surface area contributed by atoms with E-state index in [9.17, 15) is 8.42 Å². The van der Waals surface area contributed by atoms with Gasteiger partial charge in [-0.3, -0.25) is 0 Å². The normalized spacial score (nSPS) is 35.8. The second-order valence-electron chi connectivity index (χ2n) is 2.86. The van der Waals surface area contributed by atoms with Crippen LogP contribution < -0.4 is 0 Å². The first-order valence-electron chi connectivity index (χ1n) is 3.33. The summed E-state index contributed by atoms with van der Waals surface area (Å²) in [4.78, 5) is 0. The molecule has 0 aromatic carbocycles. The topological polar surface area (TPSA) is 34.1 Å². The Kier molecular flexibility index (Phi) is 2.11. The molecule has 1 aliphatic carbocycles. The highest BCUT2D eigenvalue weighted by Gasteiger charge is 2.22. The minimum absolute atomic E-state index is 0.00463. The lowest BCUT2D eigenvalue weighted by atomic mass is 10.1. The Balaban J connectivity index is 2.48. The van der Waals surface area contributed by atoms with Crippen LogP contribution in [0.2, 0.25) is 0 Å². The largest absolute Gasteiger partial charge is 0.232 e. The first kappa shape index (κ1) is 7.06. The molecule has 2 nitrogen and oxygen atoms in total. The lowest BCUT2D eigenvalue weighted by Gasteiger charge is -1.96. The van der Waals surface area contributed by atoms with Crippen LogP contribution in [0.5, 0.6) is 0 Å². The fourth-order valence-electron chi connectivity index (χ4n) is 1.37. The van der Waals surface area contributed by atoms with Gasteiger partial charge in [-0.25, -0.2) is 8.42 Å². The summed E-state index contributed by atoms with van der Waals surface area (Å²) in [6.07, 6.45) is 2.87. The monoisotopic (exact) mass is 148 g/mol. The highest BCUT2D eigenvalue weighted by atomic mass is 32.2. The van der Waals surface area contributed by atoms with Crippen LogP contribution in [-0.4, -0.2) is 13.7 Å². The fraction of sp³-hybridized carbons (Fsp3) is 1.00. The van der Waals surface area contributed by atoms with E-state index in [-0.39, 0.29) is 5.25 Å². The molecule has 9 heavy (non-hydrogen) atoms. The van der Waals surface area contributed by atoms with E-state index in [2.05, 4.69) is 6.92 Å². The molecule has 0 aromatic heterocycles. The van der Waals surface area contributed by atoms with Crippen molar-refractivity contribution in [1.29, 1.82) is 0 Å². The molecule has 2 unspecified atom stereocenters. The molecule has 2 atom stereocenters. The maximum Gasteiger partial charge on any atom is 0.143 e. The molecule has 1 aliphatic rings. The Morgan fingerprint density at radius 3 is 2.22 bits per heavy atom. The third-order valence-corrected chi connectivity index (χ3v) is 3.03. The summed E-state index contributed by atoms with van der Waals surface area (Å²) in [6, 6.07) is 0. The molecule has 0 saturated heterocycles. The lowest BCUT2D eigenvalue weighted by Crippen LogP contribution is -2.02. The average molecular weight is 148 g/mol. The molecule has 0 aromatic rings. The number of hydrogen-bond acceptors (Lipinski definition) is 2. The van der Waals surface area contributed by atoms with E-state index < -0.39 is 10.7 Å². The molecule has 1 rings (SSSR count). The smallest absolute Gasteiger partial charge is 0.143 e. The van der Waals surface area contributed by atoms with Gasteiger partial charge in [0.1, 0.15) is 10.7 Å². The van der Waals surface area contributed by atoms with E-state index in [1.807, 2.05) is 0 Å². The molecule has 0 radical (unpaired) electrons. The summed E-state index contributed by atoms with van der Waals surface area (Å²) in [5.41, 5.74) is 0. The SMILES string of the molecule is CC1CCC([SH](=O)=O)C1. The first-order chi connectivity index (χ1) is 4.20. The van der Waals surface area contributed by atoms with Gasteiger partial charge in [0.05, 0.1) is 5.25 Å². The van der Waals surface area contributed by atoms with Gasteiger partial charge in [0, 0.05) is 0 Å². The summed E-state index contributed by atoms with van der Waals surface area (Å²) >= 11 is 0. The molecule has 0 bridgehead atoms. The molecule has 1 fully saturated rings. The van der Waals surface area contributed by atoms with E-state index in [0.717, 1.165) is 19.3 Å². The van der Waals surface area contributed by atoms with Crippen LogP contribution in [0.25, 0.3) is 0 Å². The minimum atomic E-state index is -2.13. The van der Waals surface area contributed by atoms with Crippen molar-refractivity contribution in [3.63, 3.8) is 0 Å². The van der Waals surface area contributed by atoms with Crippen LogP contribution in [0.1, 0.15) is 26.2 Å². The maximum atomic E-state index is 10.4. The molecule has 1 saturated carbocycles. The maximum absolute atomic E-state index is 10.4. The van der Waals surface area contributed by atoms with Crippen molar-refractivity contribution in [1.82, 2.24) is 0 Å². The van der Waals surface area contributed by atoms with E-state index in [4.69, 9.17) is 0 Å². The van der Waals surface area contributed by atoms with E-state index >= 15 is 0 Å². The predicted octanol–water partition coefficient (Wildman–Crippen LogP) is 0.786. The number of rotatable bonds is 1. The van der Waals surface area contributed by atoms with Crippen molar-refractivity contribution in [2.24, 2.45) is 5.92 Å². The molecule has 54 valence electrons. The van der Waals surface area contributed by atoms with Crippen molar-refractivity contribution in [3.05, 3.63) is 0 Å². The van der Waals surface area contributed by atoms with Gasteiger partial charge in [0.25, 0.3) is 0 Å². The number of hydrogen-bond donors (Lipinski definition) is 1. The van der Waals surface area contributed by atoms with E-state index in [0.29, 0.717) is 5.92 Å². The third kappa shape index (κ3) is 1.68. The van der Waals surface area contributed by atoms with Gasteiger partial charge >= 0.3 is 0 Å². The van der Waals surface area contributed by atoms with Gasteiger partial charge < -0.3 is 0 Å². The third-order valence-electron chi connectivity index (χ3n) is 1.97. The molecule has 0 amide bonds. The van der Waals surface area contributed by atoms with Crippen LogP contribution in [0.3, 0.4) is 0 Å². The molecule has 0 aliphatic heterocycles. The highest BCUT2D eigenvalue weighted by Crippen LogP contribution is 2.26. The van der Waals surface area contributed by atoms with Crippen LogP contribution in [0.15, 0.2) is 0 Å². The Morgan fingerprint density at radius 1 is 1.33 bits per heavy atom. The molecular weight excluding hydrogens is 136 g/mol.